The number of hydrogen-bond donors (Lipinski definition) is 8. The first-order valence-corrected chi connectivity index (χ1v) is 14.1. The predicted molar refractivity (Wildman–Crippen MR) is 159 cm³/mol. The van der Waals surface area contributed by atoms with Crippen molar-refractivity contribution in [1.82, 2.24) is 16.0 Å². The zero-order chi connectivity index (χ0) is 29.8. The molecule has 3 amide bonds. The zero-order valence-corrected chi connectivity index (χ0v) is 23.3. The Morgan fingerprint density at radius 2 is 1.51 bits per heavy atom. The van der Waals surface area contributed by atoms with Crippen LogP contribution in [0.3, 0.4) is 0 Å². The molecule has 1 fully saturated rings. The largest absolute Gasteiger partial charge is 0.384 e. The van der Waals surface area contributed by atoms with E-state index in [0.717, 1.165) is 43.2 Å². The van der Waals surface area contributed by atoms with Crippen LogP contribution in [0.25, 0.3) is 0 Å². The SMILES string of the molecule is N=C(N)NCCC[C@H](NC(=O)[C@@H](NC(=O)C(Cc1ccc(C(=N)N)cc1)c1ccccc1)C1CCCCC1)C(N)=O. The highest BCUT2D eigenvalue weighted by Crippen LogP contribution is 2.28. The van der Waals surface area contributed by atoms with Gasteiger partial charge in [0.2, 0.25) is 17.7 Å². The summed E-state index contributed by atoms with van der Waals surface area (Å²) in [6, 6.07) is 14.9. The number of nitrogen functional groups attached to an aromatic ring is 1. The number of primary amides is 1. The van der Waals surface area contributed by atoms with Gasteiger partial charge in [-0.05, 0) is 49.1 Å². The fourth-order valence-electron chi connectivity index (χ4n) is 5.30. The van der Waals surface area contributed by atoms with Gasteiger partial charge in [0.15, 0.2) is 5.96 Å². The van der Waals surface area contributed by atoms with Crippen molar-refractivity contribution in [1.29, 1.82) is 10.8 Å². The molecule has 11 nitrogen and oxygen atoms in total. The molecule has 1 unspecified atom stereocenters. The lowest BCUT2D eigenvalue weighted by Gasteiger charge is -2.32. The van der Waals surface area contributed by atoms with E-state index >= 15 is 0 Å². The van der Waals surface area contributed by atoms with Crippen LogP contribution in [0.1, 0.15) is 67.6 Å². The number of benzene rings is 2. The number of carbonyl (C=O) groups excluding carboxylic acids is 3. The molecule has 0 saturated heterocycles. The van der Waals surface area contributed by atoms with Crippen LogP contribution in [0.5, 0.6) is 0 Å². The average Bonchev–Trinajstić information content (AvgIpc) is 2.96. The van der Waals surface area contributed by atoms with Gasteiger partial charge < -0.3 is 33.2 Å². The molecular weight excluding hydrogens is 520 g/mol. The Morgan fingerprint density at radius 1 is 0.854 bits per heavy atom. The van der Waals surface area contributed by atoms with Crippen molar-refractivity contribution in [2.45, 2.75) is 69.4 Å². The van der Waals surface area contributed by atoms with Crippen LogP contribution in [0, 0.1) is 16.7 Å². The van der Waals surface area contributed by atoms with E-state index < -0.39 is 29.8 Å². The van der Waals surface area contributed by atoms with Crippen molar-refractivity contribution in [3.05, 3.63) is 71.3 Å². The molecule has 1 aliphatic carbocycles. The molecule has 3 rings (SSSR count). The van der Waals surface area contributed by atoms with Crippen molar-refractivity contribution in [3.63, 3.8) is 0 Å². The van der Waals surface area contributed by atoms with Gasteiger partial charge in [0, 0.05) is 12.1 Å². The number of guanidine groups is 1. The summed E-state index contributed by atoms with van der Waals surface area (Å²) in [6.07, 6.45) is 5.72. The Kier molecular flexibility index (Phi) is 11.7. The maximum atomic E-state index is 13.9. The first-order valence-electron chi connectivity index (χ1n) is 14.1. The Hall–Kier alpha value is -4.41. The molecule has 11 N–H and O–H groups in total. The third-order valence-electron chi connectivity index (χ3n) is 7.57. The minimum absolute atomic E-state index is 0.0281. The molecule has 41 heavy (non-hydrogen) atoms. The summed E-state index contributed by atoms with van der Waals surface area (Å²) in [6.45, 7) is 0.365. The van der Waals surface area contributed by atoms with Crippen LogP contribution in [-0.4, -0.2) is 48.1 Å². The second-order valence-corrected chi connectivity index (χ2v) is 10.6. The van der Waals surface area contributed by atoms with Gasteiger partial charge in [-0.25, -0.2) is 0 Å². The Labute approximate surface area is 241 Å². The molecule has 0 spiro atoms. The molecule has 0 radical (unpaired) electrons. The summed E-state index contributed by atoms with van der Waals surface area (Å²) in [5, 5.41) is 23.4. The molecule has 0 heterocycles. The summed E-state index contributed by atoms with van der Waals surface area (Å²) in [5.41, 5.74) is 18.8. The third-order valence-corrected chi connectivity index (χ3v) is 7.57. The number of rotatable bonds is 14. The number of amides is 3. The monoisotopic (exact) mass is 562 g/mol. The molecule has 3 atom stereocenters. The van der Waals surface area contributed by atoms with Gasteiger partial charge in [0.1, 0.15) is 17.9 Å². The average molecular weight is 563 g/mol. The Balaban J connectivity index is 1.80. The minimum atomic E-state index is -0.913. The van der Waals surface area contributed by atoms with Gasteiger partial charge >= 0.3 is 0 Å². The molecular formula is C30H42N8O3. The molecule has 11 heteroatoms. The summed E-state index contributed by atoms with van der Waals surface area (Å²) < 4.78 is 0. The van der Waals surface area contributed by atoms with E-state index in [0.29, 0.717) is 24.9 Å². The smallest absolute Gasteiger partial charge is 0.243 e. The van der Waals surface area contributed by atoms with Crippen molar-refractivity contribution in [3.8, 4) is 0 Å². The van der Waals surface area contributed by atoms with Crippen molar-refractivity contribution in [2.75, 3.05) is 6.54 Å². The number of nitrogens with two attached hydrogens (primary N) is 3. The molecule has 0 bridgehead atoms. The molecule has 0 aromatic heterocycles. The van der Waals surface area contributed by atoms with E-state index in [2.05, 4.69) is 16.0 Å². The first kappa shape index (κ1) is 31.1. The predicted octanol–water partition coefficient (Wildman–Crippen LogP) is 1.60. The number of hydrogen-bond acceptors (Lipinski definition) is 5. The zero-order valence-electron chi connectivity index (χ0n) is 23.3. The maximum absolute atomic E-state index is 13.9. The van der Waals surface area contributed by atoms with Gasteiger partial charge in [-0.2, -0.15) is 0 Å². The van der Waals surface area contributed by atoms with Crippen LogP contribution in [-0.2, 0) is 20.8 Å². The second-order valence-electron chi connectivity index (χ2n) is 10.6. The number of carbonyl (C=O) groups is 3. The van der Waals surface area contributed by atoms with Crippen LogP contribution in [0.2, 0.25) is 0 Å². The molecule has 220 valence electrons. The molecule has 2 aromatic carbocycles. The van der Waals surface area contributed by atoms with Gasteiger partial charge in [0.25, 0.3) is 0 Å². The van der Waals surface area contributed by atoms with Crippen LogP contribution in [0.15, 0.2) is 54.6 Å². The lowest BCUT2D eigenvalue weighted by atomic mass is 9.82. The topological polar surface area (TPSA) is 213 Å². The molecule has 1 aliphatic rings. The molecule has 2 aromatic rings. The first-order chi connectivity index (χ1) is 19.7. The van der Waals surface area contributed by atoms with Crippen LogP contribution >= 0.6 is 0 Å². The van der Waals surface area contributed by atoms with E-state index in [9.17, 15) is 14.4 Å². The minimum Gasteiger partial charge on any atom is -0.384 e. The number of nitrogens with one attached hydrogen (secondary N) is 5. The summed E-state index contributed by atoms with van der Waals surface area (Å²) in [5.74, 6) is -2.20. The molecule has 0 aliphatic heterocycles. The van der Waals surface area contributed by atoms with Crippen molar-refractivity contribution in [2.24, 2.45) is 23.1 Å². The highest BCUT2D eigenvalue weighted by Gasteiger charge is 2.35. The third kappa shape index (κ3) is 9.63. The molecule has 1 saturated carbocycles. The van der Waals surface area contributed by atoms with Crippen LogP contribution in [0.4, 0.5) is 0 Å². The van der Waals surface area contributed by atoms with Crippen LogP contribution < -0.4 is 33.2 Å². The van der Waals surface area contributed by atoms with E-state index in [4.69, 9.17) is 28.0 Å². The Bertz CT molecular complexity index is 1200. The fourth-order valence-corrected chi connectivity index (χ4v) is 5.30. The Morgan fingerprint density at radius 3 is 2.10 bits per heavy atom. The summed E-state index contributed by atoms with van der Waals surface area (Å²) in [7, 11) is 0. The van der Waals surface area contributed by atoms with Gasteiger partial charge in [-0.15, -0.1) is 0 Å². The summed E-state index contributed by atoms with van der Waals surface area (Å²) >= 11 is 0. The maximum Gasteiger partial charge on any atom is 0.243 e. The van der Waals surface area contributed by atoms with E-state index in [-0.39, 0.29) is 30.0 Å². The van der Waals surface area contributed by atoms with E-state index in [1.807, 2.05) is 42.5 Å². The summed E-state index contributed by atoms with van der Waals surface area (Å²) in [4.78, 5) is 39.7. The van der Waals surface area contributed by atoms with Crippen molar-refractivity contribution < 1.29 is 14.4 Å². The lowest BCUT2D eigenvalue weighted by molar-refractivity contribution is -0.133. The second kappa shape index (κ2) is 15.4. The fraction of sp³-hybridized carbons (Fsp3) is 0.433. The lowest BCUT2D eigenvalue weighted by Crippen LogP contribution is -2.56. The van der Waals surface area contributed by atoms with Gasteiger partial charge in [0.05, 0.1) is 5.92 Å². The standard InChI is InChI=1S/C30H42N8O3/c31-26(32)22-15-13-19(14-16-22)18-23(20-8-3-1-4-9-20)28(40)38-25(21-10-5-2-6-11-21)29(41)37-24(27(33)39)12-7-17-36-30(34)35/h1,3-4,8-9,13-16,21,23-25H,2,5-7,10-12,17-18H2,(H3,31,32)(H2,33,39)(H,37,41)(H,38,40)(H4,34,35,36)/t23?,24-,25-/m0/s1. The highest BCUT2D eigenvalue weighted by atomic mass is 16.2. The number of amidine groups is 1. The van der Waals surface area contributed by atoms with Crippen molar-refractivity contribution >= 4 is 29.5 Å². The van der Waals surface area contributed by atoms with E-state index in [1.54, 1.807) is 12.1 Å². The quantitative estimate of drug-likeness (QED) is 0.0971. The van der Waals surface area contributed by atoms with Gasteiger partial charge in [-0.3, -0.25) is 25.2 Å². The van der Waals surface area contributed by atoms with Gasteiger partial charge in [-0.1, -0.05) is 73.9 Å². The van der Waals surface area contributed by atoms with E-state index in [1.165, 1.54) is 0 Å². The normalized spacial score (nSPS) is 15.6. The highest BCUT2D eigenvalue weighted by molar-refractivity contribution is 5.95.